The smallest absolute Gasteiger partial charge is 0.0540 e. The molecule has 0 aliphatic rings. The molecule has 13 aromatic carbocycles. The molecule has 0 amide bonds. The molecular weight excluding hydrogens is 869 g/mol. The zero-order chi connectivity index (χ0) is 47.8. The maximum Gasteiger partial charge on any atom is 0.0540 e. The van der Waals surface area contributed by atoms with Gasteiger partial charge in [-0.3, -0.25) is 0 Å². The average Bonchev–Trinajstić information content (AvgIpc) is 3.46. The number of hydrogen-bond donors (Lipinski definition) is 0. The highest BCUT2D eigenvalue weighted by Crippen LogP contribution is 2.49. The van der Waals surface area contributed by atoms with Crippen LogP contribution < -0.4 is 9.80 Å². The minimum absolute atomic E-state index is 1.08. The van der Waals surface area contributed by atoms with Crippen molar-refractivity contribution >= 4 is 77.2 Å². The standard InChI is InChI=1S/C70H48N2/c1-5-19-49(20-6-1)51-35-39-57(40-36-51)71(67-33-17-29-53-23-13-15-31-61(53)67)59-43-45-63-65(47-59)69(55-25-9-3-10-26-55)64-46-44-60(48-66(64)70(63)56-27-11-4-12-28-56)72(68-34-18-30-54-24-14-16-32-62(54)68)58-41-37-52(38-42-58)50-21-7-2-8-22-50/h1-48H. The van der Waals surface area contributed by atoms with Crippen LogP contribution in [0, 0.1) is 0 Å². The summed E-state index contributed by atoms with van der Waals surface area (Å²) in [4.78, 5) is 4.87. The van der Waals surface area contributed by atoms with Gasteiger partial charge in [0.05, 0.1) is 11.4 Å². The molecule has 0 bridgehead atoms. The van der Waals surface area contributed by atoms with Crippen LogP contribution in [-0.4, -0.2) is 0 Å². The van der Waals surface area contributed by atoms with Gasteiger partial charge >= 0.3 is 0 Å². The second-order valence-corrected chi connectivity index (χ2v) is 18.4. The predicted octanol–water partition coefficient (Wildman–Crippen LogP) is 19.9. The van der Waals surface area contributed by atoms with Gasteiger partial charge in [-0.15, -0.1) is 0 Å². The molecule has 0 saturated heterocycles. The van der Waals surface area contributed by atoms with Crippen LogP contribution in [0.25, 0.3) is 87.6 Å². The van der Waals surface area contributed by atoms with Crippen molar-refractivity contribution in [3.05, 3.63) is 291 Å². The van der Waals surface area contributed by atoms with Crippen LogP contribution in [0.15, 0.2) is 291 Å². The fourth-order valence-corrected chi connectivity index (χ4v) is 10.8. The first-order valence-electron chi connectivity index (χ1n) is 24.7. The normalized spacial score (nSPS) is 11.3. The van der Waals surface area contributed by atoms with Crippen LogP contribution in [0.1, 0.15) is 0 Å². The number of nitrogens with zero attached hydrogens (tertiary/aromatic N) is 2. The Bertz CT molecular complexity index is 3780. The predicted molar refractivity (Wildman–Crippen MR) is 308 cm³/mol. The van der Waals surface area contributed by atoms with Crippen molar-refractivity contribution in [3.8, 4) is 44.5 Å². The molecule has 0 radical (unpaired) electrons. The Labute approximate surface area is 420 Å². The van der Waals surface area contributed by atoms with Gasteiger partial charge in [0, 0.05) is 33.5 Å². The van der Waals surface area contributed by atoms with E-state index in [2.05, 4.69) is 301 Å². The number of benzene rings is 13. The number of hydrogen-bond acceptors (Lipinski definition) is 2. The van der Waals surface area contributed by atoms with E-state index < -0.39 is 0 Å². The van der Waals surface area contributed by atoms with E-state index in [9.17, 15) is 0 Å². The molecule has 13 rings (SSSR count). The summed E-state index contributed by atoms with van der Waals surface area (Å²) in [6.07, 6.45) is 0. The summed E-state index contributed by atoms with van der Waals surface area (Å²) in [5, 5.41) is 9.53. The van der Waals surface area contributed by atoms with Crippen molar-refractivity contribution in [2.45, 2.75) is 0 Å². The van der Waals surface area contributed by atoms with Gasteiger partial charge in [0.15, 0.2) is 0 Å². The lowest BCUT2D eigenvalue weighted by molar-refractivity contribution is 1.30. The van der Waals surface area contributed by atoms with E-state index in [1.54, 1.807) is 0 Å². The molecular formula is C70H48N2. The Kier molecular flexibility index (Phi) is 10.9. The van der Waals surface area contributed by atoms with Crippen molar-refractivity contribution in [2.75, 3.05) is 9.80 Å². The average molecular weight is 917 g/mol. The molecule has 0 saturated carbocycles. The third-order valence-electron chi connectivity index (χ3n) is 14.2. The Hall–Kier alpha value is -9.50. The Morgan fingerprint density at radius 3 is 0.875 bits per heavy atom. The maximum atomic E-state index is 2.44. The first kappa shape index (κ1) is 42.6. The zero-order valence-electron chi connectivity index (χ0n) is 39.6. The monoisotopic (exact) mass is 916 g/mol. The van der Waals surface area contributed by atoms with Crippen molar-refractivity contribution in [1.29, 1.82) is 0 Å². The summed E-state index contributed by atoms with van der Waals surface area (Å²) in [5.74, 6) is 0. The van der Waals surface area contributed by atoms with E-state index in [1.807, 2.05) is 0 Å². The second-order valence-electron chi connectivity index (χ2n) is 18.4. The Morgan fingerprint density at radius 1 is 0.181 bits per heavy atom. The van der Waals surface area contributed by atoms with Crippen LogP contribution in [0.5, 0.6) is 0 Å². The minimum atomic E-state index is 1.08. The molecule has 0 aliphatic heterocycles. The van der Waals surface area contributed by atoms with Crippen molar-refractivity contribution in [1.82, 2.24) is 0 Å². The molecule has 338 valence electrons. The van der Waals surface area contributed by atoms with Gasteiger partial charge in [0.1, 0.15) is 0 Å². The van der Waals surface area contributed by atoms with Gasteiger partial charge in [-0.1, -0.05) is 231 Å². The van der Waals surface area contributed by atoms with E-state index in [0.717, 1.165) is 34.1 Å². The van der Waals surface area contributed by atoms with Gasteiger partial charge in [0.2, 0.25) is 0 Å². The van der Waals surface area contributed by atoms with Crippen LogP contribution in [0.2, 0.25) is 0 Å². The first-order chi connectivity index (χ1) is 35.7. The first-order valence-corrected chi connectivity index (χ1v) is 24.7. The van der Waals surface area contributed by atoms with Gasteiger partial charge in [-0.25, -0.2) is 0 Å². The molecule has 2 heteroatoms. The third-order valence-corrected chi connectivity index (χ3v) is 14.2. The van der Waals surface area contributed by atoms with Crippen molar-refractivity contribution < 1.29 is 0 Å². The van der Waals surface area contributed by atoms with Gasteiger partial charge in [0.25, 0.3) is 0 Å². The molecule has 0 atom stereocenters. The second kappa shape index (κ2) is 18.4. The summed E-state index contributed by atoms with van der Waals surface area (Å²) in [6, 6.07) is 106. The van der Waals surface area contributed by atoms with E-state index >= 15 is 0 Å². The molecule has 72 heavy (non-hydrogen) atoms. The number of rotatable bonds is 10. The molecule has 0 heterocycles. The van der Waals surface area contributed by atoms with E-state index in [1.165, 1.54) is 87.6 Å². The zero-order valence-corrected chi connectivity index (χ0v) is 39.6. The summed E-state index contributed by atoms with van der Waals surface area (Å²) in [7, 11) is 0. The molecule has 0 aliphatic carbocycles. The quantitative estimate of drug-likeness (QED) is 0.126. The summed E-state index contributed by atoms with van der Waals surface area (Å²) >= 11 is 0. The lowest BCUT2D eigenvalue weighted by Gasteiger charge is -2.29. The largest absolute Gasteiger partial charge is 0.310 e. The van der Waals surface area contributed by atoms with Gasteiger partial charge in [-0.2, -0.15) is 0 Å². The summed E-state index contributed by atoms with van der Waals surface area (Å²) < 4.78 is 0. The summed E-state index contributed by atoms with van der Waals surface area (Å²) in [6.45, 7) is 0. The van der Waals surface area contributed by atoms with Crippen molar-refractivity contribution in [2.24, 2.45) is 0 Å². The topological polar surface area (TPSA) is 6.48 Å². The molecule has 0 spiro atoms. The lowest BCUT2D eigenvalue weighted by atomic mass is 9.85. The fraction of sp³-hybridized carbons (Fsp3) is 0. The van der Waals surface area contributed by atoms with E-state index in [0.29, 0.717) is 0 Å². The lowest BCUT2D eigenvalue weighted by Crippen LogP contribution is -2.11. The molecule has 0 fully saturated rings. The highest BCUT2D eigenvalue weighted by atomic mass is 15.1. The van der Waals surface area contributed by atoms with E-state index in [4.69, 9.17) is 0 Å². The van der Waals surface area contributed by atoms with Gasteiger partial charge in [-0.05, 0) is 137 Å². The van der Waals surface area contributed by atoms with Gasteiger partial charge < -0.3 is 9.80 Å². The minimum Gasteiger partial charge on any atom is -0.310 e. The highest BCUT2D eigenvalue weighted by Gasteiger charge is 2.23. The summed E-state index contributed by atoms with van der Waals surface area (Å²) in [5.41, 5.74) is 16.1. The highest BCUT2D eigenvalue weighted by molar-refractivity contribution is 6.23. The third kappa shape index (κ3) is 7.73. The Balaban J connectivity index is 1.07. The van der Waals surface area contributed by atoms with Crippen LogP contribution in [0.4, 0.5) is 34.1 Å². The number of anilines is 6. The maximum absolute atomic E-state index is 2.44. The fourth-order valence-electron chi connectivity index (χ4n) is 10.8. The molecule has 13 aromatic rings. The molecule has 2 nitrogen and oxygen atoms in total. The van der Waals surface area contributed by atoms with Crippen LogP contribution >= 0.6 is 0 Å². The van der Waals surface area contributed by atoms with E-state index in [-0.39, 0.29) is 0 Å². The van der Waals surface area contributed by atoms with Crippen LogP contribution in [-0.2, 0) is 0 Å². The number of fused-ring (bicyclic) bond motifs is 4. The Morgan fingerprint density at radius 2 is 0.486 bits per heavy atom. The molecule has 0 N–H and O–H groups in total. The van der Waals surface area contributed by atoms with Crippen LogP contribution in [0.3, 0.4) is 0 Å². The SMILES string of the molecule is c1ccc(-c2ccc(N(c3ccc4c(-c5ccccc5)c5cc(N(c6ccc(-c7ccccc7)cc6)c6cccc7ccccc67)ccc5c(-c5ccccc5)c4c3)c3cccc4ccccc34)cc2)cc1. The molecule has 0 unspecified atom stereocenters. The van der Waals surface area contributed by atoms with Crippen molar-refractivity contribution in [3.63, 3.8) is 0 Å². The molecule has 0 aromatic heterocycles.